The summed E-state index contributed by atoms with van der Waals surface area (Å²) in [6.45, 7) is 6.26. The fraction of sp³-hybridized carbons (Fsp3) is 0.667. The number of hydrogen-bond donors (Lipinski definition) is 1. The van der Waals surface area contributed by atoms with E-state index in [1.165, 1.54) is 6.42 Å². The van der Waals surface area contributed by atoms with E-state index in [9.17, 15) is 0 Å². The molecule has 1 aromatic heterocycles. The Hall–Kier alpha value is -0.970. The summed E-state index contributed by atoms with van der Waals surface area (Å²) in [5.41, 5.74) is 5.74. The van der Waals surface area contributed by atoms with Crippen LogP contribution in [0.5, 0.6) is 5.88 Å². The van der Waals surface area contributed by atoms with Gasteiger partial charge in [0.1, 0.15) is 5.82 Å². The second kappa shape index (κ2) is 7.37. The second-order valence-corrected chi connectivity index (χ2v) is 5.01. The predicted octanol–water partition coefficient (Wildman–Crippen LogP) is 3.13. The largest absolute Gasteiger partial charge is 0.475 e. The van der Waals surface area contributed by atoms with E-state index in [1.54, 1.807) is 17.8 Å². The van der Waals surface area contributed by atoms with Crippen LogP contribution in [0.1, 0.15) is 40.0 Å². The van der Waals surface area contributed by atoms with E-state index in [2.05, 4.69) is 23.8 Å². The third-order valence-corrected chi connectivity index (χ3v) is 3.26. The fourth-order valence-corrected chi connectivity index (χ4v) is 2.08. The van der Waals surface area contributed by atoms with Crippen LogP contribution in [-0.4, -0.2) is 21.8 Å². The monoisotopic (exact) mass is 255 g/mol. The van der Waals surface area contributed by atoms with Gasteiger partial charge in [0.25, 0.3) is 0 Å². The number of thioether (sulfide) groups is 1. The van der Waals surface area contributed by atoms with Crippen molar-refractivity contribution in [2.24, 2.45) is 0 Å². The van der Waals surface area contributed by atoms with Crippen molar-refractivity contribution >= 4 is 17.6 Å². The van der Waals surface area contributed by atoms with Crippen molar-refractivity contribution in [1.82, 2.24) is 9.97 Å². The van der Waals surface area contributed by atoms with Crippen LogP contribution in [0.25, 0.3) is 0 Å². The van der Waals surface area contributed by atoms with Crippen LogP contribution < -0.4 is 10.5 Å². The highest BCUT2D eigenvalue weighted by Crippen LogP contribution is 2.21. The summed E-state index contributed by atoms with van der Waals surface area (Å²) in [6.07, 6.45) is 3.43. The molecule has 1 unspecified atom stereocenters. The summed E-state index contributed by atoms with van der Waals surface area (Å²) in [7, 11) is 0. The Labute approximate surface area is 107 Å². The van der Waals surface area contributed by atoms with E-state index in [-0.39, 0.29) is 6.10 Å². The number of nitrogen functional groups attached to an aromatic ring is 1. The SMILES string of the molecule is CCCCSc1nc(N)cc(OC(C)CC)n1. The first-order valence-corrected chi connectivity index (χ1v) is 7.08. The molecular weight excluding hydrogens is 234 g/mol. The quantitative estimate of drug-likeness (QED) is 0.461. The van der Waals surface area contributed by atoms with Gasteiger partial charge in [0.2, 0.25) is 5.88 Å². The van der Waals surface area contributed by atoms with E-state index in [0.29, 0.717) is 16.9 Å². The normalized spacial score (nSPS) is 12.4. The summed E-state index contributed by atoms with van der Waals surface area (Å²) in [5.74, 6) is 2.06. The molecule has 1 rings (SSSR count). The van der Waals surface area contributed by atoms with Gasteiger partial charge in [0.05, 0.1) is 6.10 Å². The molecule has 0 fully saturated rings. The smallest absolute Gasteiger partial charge is 0.219 e. The molecule has 0 aromatic carbocycles. The highest BCUT2D eigenvalue weighted by molar-refractivity contribution is 7.99. The van der Waals surface area contributed by atoms with Gasteiger partial charge >= 0.3 is 0 Å². The average molecular weight is 255 g/mol. The fourth-order valence-electron chi connectivity index (χ4n) is 1.14. The summed E-state index contributed by atoms with van der Waals surface area (Å²) in [6, 6.07) is 1.68. The van der Waals surface area contributed by atoms with Gasteiger partial charge in [-0.2, -0.15) is 4.98 Å². The van der Waals surface area contributed by atoms with Gasteiger partial charge in [-0.15, -0.1) is 0 Å². The molecule has 2 N–H and O–H groups in total. The number of nitrogens with two attached hydrogens (primary N) is 1. The van der Waals surface area contributed by atoms with Crippen LogP contribution in [0.2, 0.25) is 0 Å². The van der Waals surface area contributed by atoms with Crippen LogP contribution in [0.4, 0.5) is 5.82 Å². The Morgan fingerprint density at radius 2 is 2.18 bits per heavy atom. The molecule has 17 heavy (non-hydrogen) atoms. The lowest BCUT2D eigenvalue weighted by Crippen LogP contribution is -2.11. The van der Waals surface area contributed by atoms with Gasteiger partial charge in [-0.3, -0.25) is 0 Å². The van der Waals surface area contributed by atoms with Crippen LogP contribution in [-0.2, 0) is 0 Å². The van der Waals surface area contributed by atoms with Gasteiger partial charge in [-0.05, 0) is 19.8 Å². The molecule has 0 aliphatic heterocycles. The van der Waals surface area contributed by atoms with Gasteiger partial charge in [0, 0.05) is 11.8 Å². The van der Waals surface area contributed by atoms with Crippen LogP contribution >= 0.6 is 11.8 Å². The highest BCUT2D eigenvalue weighted by Gasteiger charge is 2.07. The minimum absolute atomic E-state index is 0.151. The number of rotatable bonds is 7. The summed E-state index contributed by atoms with van der Waals surface area (Å²) in [5, 5.41) is 0.705. The molecule has 1 heterocycles. The van der Waals surface area contributed by atoms with Crippen molar-refractivity contribution in [2.75, 3.05) is 11.5 Å². The average Bonchev–Trinajstić information content (AvgIpc) is 2.28. The standard InChI is InChI=1S/C12H21N3OS/c1-4-6-7-17-12-14-10(13)8-11(15-12)16-9(3)5-2/h8-9H,4-7H2,1-3H3,(H2,13,14,15). The lowest BCUT2D eigenvalue weighted by molar-refractivity contribution is 0.207. The van der Waals surface area contributed by atoms with Gasteiger partial charge < -0.3 is 10.5 Å². The van der Waals surface area contributed by atoms with Gasteiger partial charge in [-0.25, -0.2) is 4.98 Å². The first kappa shape index (κ1) is 14.1. The number of aromatic nitrogens is 2. The Morgan fingerprint density at radius 3 is 2.82 bits per heavy atom. The van der Waals surface area contributed by atoms with E-state index in [0.717, 1.165) is 18.6 Å². The molecule has 1 atom stereocenters. The van der Waals surface area contributed by atoms with Crippen LogP contribution in [0.15, 0.2) is 11.2 Å². The molecule has 5 heteroatoms. The molecule has 96 valence electrons. The third-order valence-electron chi connectivity index (χ3n) is 2.33. The summed E-state index contributed by atoms with van der Waals surface area (Å²) < 4.78 is 5.65. The Kier molecular flexibility index (Phi) is 6.11. The van der Waals surface area contributed by atoms with Crippen molar-refractivity contribution in [3.05, 3.63) is 6.07 Å². The molecule has 0 radical (unpaired) electrons. The van der Waals surface area contributed by atoms with E-state index in [1.807, 2.05) is 6.92 Å². The van der Waals surface area contributed by atoms with Gasteiger partial charge in [-0.1, -0.05) is 32.0 Å². The number of anilines is 1. The molecule has 0 saturated heterocycles. The maximum Gasteiger partial charge on any atom is 0.219 e. The highest BCUT2D eigenvalue weighted by atomic mass is 32.2. The first-order chi connectivity index (χ1) is 8.15. The molecule has 0 amide bonds. The van der Waals surface area contributed by atoms with Crippen molar-refractivity contribution in [3.63, 3.8) is 0 Å². The Balaban J connectivity index is 2.65. The van der Waals surface area contributed by atoms with E-state index >= 15 is 0 Å². The molecule has 0 spiro atoms. The predicted molar refractivity (Wildman–Crippen MR) is 72.5 cm³/mol. The van der Waals surface area contributed by atoms with Crippen molar-refractivity contribution in [1.29, 1.82) is 0 Å². The van der Waals surface area contributed by atoms with Gasteiger partial charge in [0.15, 0.2) is 5.16 Å². The molecule has 0 aliphatic rings. The molecule has 1 aromatic rings. The van der Waals surface area contributed by atoms with Crippen molar-refractivity contribution in [2.45, 2.75) is 51.3 Å². The minimum Gasteiger partial charge on any atom is -0.475 e. The maximum absolute atomic E-state index is 5.74. The van der Waals surface area contributed by atoms with E-state index in [4.69, 9.17) is 10.5 Å². The molecule has 0 aliphatic carbocycles. The topological polar surface area (TPSA) is 61.0 Å². The zero-order valence-corrected chi connectivity index (χ0v) is 11.6. The maximum atomic E-state index is 5.74. The number of nitrogens with zero attached hydrogens (tertiary/aromatic N) is 2. The number of ether oxygens (including phenoxy) is 1. The first-order valence-electron chi connectivity index (χ1n) is 6.09. The summed E-state index contributed by atoms with van der Waals surface area (Å²) >= 11 is 1.63. The Morgan fingerprint density at radius 1 is 1.41 bits per heavy atom. The van der Waals surface area contributed by atoms with E-state index < -0.39 is 0 Å². The number of hydrogen-bond acceptors (Lipinski definition) is 5. The third kappa shape index (κ3) is 5.26. The zero-order valence-electron chi connectivity index (χ0n) is 10.8. The van der Waals surface area contributed by atoms with Crippen LogP contribution in [0.3, 0.4) is 0 Å². The van der Waals surface area contributed by atoms with Crippen molar-refractivity contribution < 1.29 is 4.74 Å². The minimum atomic E-state index is 0.151. The zero-order chi connectivity index (χ0) is 12.7. The van der Waals surface area contributed by atoms with Crippen LogP contribution in [0, 0.1) is 0 Å². The lowest BCUT2D eigenvalue weighted by Gasteiger charge is -2.12. The lowest BCUT2D eigenvalue weighted by atomic mass is 10.3. The molecule has 0 bridgehead atoms. The second-order valence-electron chi connectivity index (χ2n) is 3.95. The molecule has 4 nitrogen and oxygen atoms in total. The molecular formula is C12H21N3OS. The Bertz CT molecular complexity index is 347. The van der Waals surface area contributed by atoms with Crippen molar-refractivity contribution in [3.8, 4) is 5.88 Å². The number of unbranched alkanes of at least 4 members (excludes halogenated alkanes) is 1. The molecule has 0 saturated carbocycles. The summed E-state index contributed by atoms with van der Waals surface area (Å²) in [4.78, 5) is 8.53.